The maximum atomic E-state index is 14.0. The molecule has 2 saturated carbocycles. The number of amides is 1. The molecule has 1 amide bonds. The molecule has 1 aromatic heterocycles. The highest BCUT2D eigenvalue weighted by molar-refractivity contribution is 5.99. The lowest BCUT2D eigenvalue weighted by atomic mass is 9.86. The molecule has 1 aromatic carbocycles. The monoisotopic (exact) mass is 507 g/mol. The van der Waals surface area contributed by atoms with Gasteiger partial charge in [-0.05, 0) is 89.5 Å². The third kappa shape index (κ3) is 6.33. The first kappa shape index (κ1) is 26.1. The summed E-state index contributed by atoms with van der Waals surface area (Å²) in [5.41, 5.74) is 3.85. The molecule has 2 aromatic rings. The molecule has 2 aliphatic carbocycles. The smallest absolute Gasteiger partial charge is 0.230 e. The fourth-order valence-corrected chi connectivity index (χ4v) is 5.51. The maximum absolute atomic E-state index is 14.0. The van der Waals surface area contributed by atoms with Gasteiger partial charge in [-0.3, -0.25) is 4.79 Å². The number of hydrogen-bond donors (Lipinski definition) is 1. The van der Waals surface area contributed by atoms with Crippen LogP contribution >= 0.6 is 0 Å². The van der Waals surface area contributed by atoms with Crippen LogP contribution in [0, 0.1) is 5.92 Å². The van der Waals surface area contributed by atoms with Crippen LogP contribution in [0.1, 0.15) is 82.9 Å². The predicted molar refractivity (Wildman–Crippen MR) is 145 cm³/mol. The quantitative estimate of drug-likeness (QED) is 0.402. The van der Waals surface area contributed by atoms with Crippen LogP contribution < -0.4 is 10.2 Å². The van der Waals surface area contributed by atoms with Crippen LogP contribution in [0.5, 0.6) is 0 Å². The van der Waals surface area contributed by atoms with Crippen LogP contribution in [0.4, 0.5) is 17.2 Å². The van der Waals surface area contributed by atoms with Gasteiger partial charge in [0.15, 0.2) is 0 Å². The molecule has 1 atom stereocenters. The number of nitrogens with one attached hydrogen (secondary N) is 1. The molecule has 200 valence electrons. The highest BCUT2D eigenvalue weighted by atomic mass is 16.5. The van der Waals surface area contributed by atoms with E-state index < -0.39 is 0 Å². The van der Waals surface area contributed by atoms with E-state index in [9.17, 15) is 4.79 Å². The zero-order chi connectivity index (χ0) is 25.8. The van der Waals surface area contributed by atoms with Gasteiger partial charge in [0.2, 0.25) is 5.91 Å². The summed E-state index contributed by atoms with van der Waals surface area (Å²) in [6.45, 7) is 7.90. The second-order valence-electron chi connectivity index (χ2n) is 10.9. The van der Waals surface area contributed by atoms with Gasteiger partial charge in [0.05, 0.1) is 55.5 Å². The Labute approximate surface area is 220 Å². The molecular formula is C30H41N3O4. The summed E-state index contributed by atoms with van der Waals surface area (Å²) in [7, 11) is 0. The topological polar surface area (TPSA) is 72.9 Å². The average Bonchev–Trinajstić information content (AvgIpc) is 3.03. The SMILES string of the molecule is CC(C)OC1CCC(C(=O)N2Cc3cccnc3Nc3ccc(C(C)OCCOC4CCC4)cc32)CC1. The van der Waals surface area contributed by atoms with E-state index in [0.717, 1.165) is 54.0 Å². The van der Waals surface area contributed by atoms with Crippen molar-refractivity contribution in [2.24, 2.45) is 5.92 Å². The molecule has 7 nitrogen and oxygen atoms in total. The van der Waals surface area contributed by atoms with Gasteiger partial charge < -0.3 is 24.4 Å². The third-order valence-electron chi connectivity index (χ3n) is 7.87. The lowest BCUT2D eigenvalue weighted by molar-refractivity contribution is -0.124. The number of benzene rings is 1. The van der Waals surface area contributed by atoms with Gasteiger partial charge in [0, 0.05) is 17.7 Å². The van der Waals surface area contributed by atoms with Crippen molar-refractivity contribution in [3.63, 3.8) is 0 Å². The molecule has 0 bridgehead atoms. The first-order valence-electron chi connectivity index (χ1n) is 14.0. The van der Waals surface area contributed by atoms with Gasteiger partial charge in [-0.25, -0.2) is 4.98 Å². The lowest BCUT2D eigenvalue weighted by Gasteiger charge is -2.33. The Morgan fingerprint density at radius 1 is 1.05 bits per heavy atom. The molecule has 1 aliphatic heterocycles. The number of hydrogen-bond acceptors (Lipinski definition) is 6. The first-order valence-corrected chi connectivity index (χ1v) is 14.0. The van der Waals surface area contributed by atoms with Gasteiger partial charge in [-0.1, -0.05) is 12.1 Å². The molecule has 1 N–H and O–H groups in total. The minimum Gasteiger partial charge on any atom is -0.376 e. The fourth-order valence-electron chi connectivity index (χ4n) is 5.51. The Morgan fingerprint density at radius 3 is 2.59 bits per heavy atom. The number of carbonyl (C=O) groups excluding carboxylic acids is 1. The van der Waals surface area contributed by atoms with E-state index in [-0.39, 0.29) is 30.1 Å². The Bertz CT molecular complexity index is 1060. The molecule has 2 fully saturated rings. The number of anilines is 3. The predicted octanol–water partition coefficient (Wildman–Crippen LogP) is 6.30. The Morgan fingerprint density at radius 2 is 1.86 bits per heavy atom. The van der Waals surface area contributed by atoms with Crippen LogP contribution in [0.15, 0.2) is 36.5 Å². The zero-order valence-corrected chi connectivity index (χ0v) is 22.4. The standard InChI is InChI=1S/C30H41N3O4/c1-20(2)37-26-12-9-22(10-13-26)30(34)33-19-24-6-5-15-31-29(24)32-27-14-11-23(18-28(27)33)21(3)35-16-17-36-25-7-4-8-25/h5-6,11,14-15,18,20-22,25-26H,4,7-10,12-13,16-17,19H2,1-3H3,(H,31,32). The Kier molecular flexibility index (Phi) is 8.43. The van der Waals surface area contributed by atoms with Gasteiger partial charge in [0.1, 0.15) is 5.82 Å². The Balaban J connectivity index is 1.32. The van der Waals surface area contributed by atoms with Gasteiger partial charge in [-0.2, -0.15) is 0 Å². The molecule has 0 radical (unpaired) electrons. The summed E-state index contributed by atoms with van der Waals surface area (Å²) in [6, 6.07) is 10.2. The van der Waals surface area contributed by atoms with Crippen molar-refractivity contribution in [1.29, 1.82) is 0 Å². The summed E-state index contributed by atoms with van der Waals surface area (Å²) in [6.07, 6.45) is 9.76. The van der Waals surface area contributed by atoms with Crippen LogP contribution in [0.25, 0.3) is 0 Å². The van der Waals surface area contributed by atoms with Gasteiger partial charge in [-0.15, -0.1) is 0 Å². The van der Waals surface area contributed by atoms with E-state index in [0.29, 0.717) is 25.9 Å². The first-order chi connectivity index (χ1) is 18.0. The molecule has 2 heterocycles. The number of fused-ring (bicyclic) bond motifs is 2. The van der Waals surface area contributed by atoms with Crippen LogP contribution in [0.2, 0.25) is 0 Å². The molecule has 3 aliphatic rings. The van der Waals surface area contributed by atoms with E-state index in [1.54, 1.807) is 6.20 Å². The maximum Gasteiger partial charge on any atom is 0.230 e. The second kappa shape index (κ2) is 11.9. The van der Waals surface area contributed by atoms with E-state index in [4.69, 9.17) is 14.2 Å². The van der Waals surface area contributed by atoms with Crippen LogP contribution in [-0.4, -0.2) is 42.4 Å². The van der Waals surface area contributed by atoms with Gasteiger partial charge in [0.25, 0.3) is 0 Å². The molecule has 37 heavy (non-hydrogen) atoms. The van der Waals surface area contributed by atoms with Crippen molar-refractivity contribution >= 4 is 23.1 Å². The summed E-state index contributed by atoms with van der Waals surface area (Å²) >= 11 is 0. The van der Waals surface area contributed by atoms with E-state index in [1.165, 1.54) is 19.3 Å². The summed E-state index contributed by atoms with van der Waals surface area (Å²) in [5.74, 6) is 0.986. The normalized spacial score (nSPS) is 22.4. The minimum atomic E-state index is -0.0976. The number of nitrogens with zero attached hydrogens (tertiary/aromatic N) is 2. The molecular weight excluding hydrogens is 466 g/mol. The molecule has 5 rings (SSSR count). The van der Waals surface area contributed by atoms with Crippen molar-refractivity contribution in [3.05, 3.63) is 47.7 Å². The van der Waals surface area contributed by atoms with Crippen molar-refractivity contribution in [1.82, 2.24) is 4.98 Å². The average molecular weight is 508 g/mol. The van der Waals surface area contributed by atoms with Crippen molar-refractivity contribution < 1.29 is 19.0 Å². The molecule has 0 spiro atoms. The van der Waals surface area contributed by atoms with Crippen molar-refractivity contribution in [3.8, 4) is 0 Å². The minimum absolute atomic E-state index is 0.000863. The lowest BCUT2D eigenvalue weighted by Crippen LogP contribution is -2.38. The second-order valence-corrected chi connectivity index (χ2v) is 10.9. The van der Waals surface area contributed by atoms with E-state index >= 15 is 0 Å². The highest BCUT2D eigenvalue weighted by Crippen LogP contribution is 2.39. The van der Waals surface area contributed by atoms with Crippen molar-refractivity contribution in [2.75, 3.05) is 23.4 Å². The Hall–Kier alpha value is -2.48. The highest BCUT2D eigenvalue weighted by Gasteiger charge is 2.33. The van der Waals surface area contributed by atoms with E-state index in [1.807, 2.05) is 23.1 Å². The number of ether oxygens (including phenoxy) is 3. The number of carbonyl (C=O) groups is 1. The van der Waals surface area contributed by atoms with Gasteiger partial charge >= 0.3 is 0 Å². The molecule has 1 unspecified atom stereocenters. The van der Waals surface area contributed by atoms with Crippen molar-refractivity contribution in [2.45, 2.75) is 96.7 Å². The number of aromatic nitrogens is 1. The van der Waals surface area contributed by atoms with Crippen LogP contribution in [0.3, 0.4) is 0 Å². The zero-order valence-electron chi connectivity index (χ0n) is 22.4. The summed E-state index contributed by atoms with van der Waals surface area (Å²) in [4.78, 5) is 20.5. The fraction of sp³-hybridized carbons (Fsp3) is 0.600. The number of rotatable bonds is 9. The largest absolute Gasteiger partial charge is 0.376 e. The number of pyridine rings is 1. The molecule has 0 saturated heterocycles. The van der Waals surface area contributed by atoms with Crippen LogP contribution in [-0.2, 0) is 25.5 Å². The molecule has 7 heteroatoms. The summed E-state index contributed by atoms with van der Waals surface area (Å²) < 4.78 is 18.0. The summed E-state index contributed by atoms with van der Waals surface area (Å²) in [5, 5.41) is 3.48. The third-order valence-corrected chi connectivity index (χ3v) is 7.87. The van der Waals surface area contributed by atoms with E-state index in [2.05, 4.69) is 43.2 Å².